The quantitative estimate of drug-likeness (QED) is 0.594. The molecule has 0 aliphatic rings. The minimum absolute atomic E-state index is 0.0695. The van der Waals surface area contributed by atoms with Crippen molar-refractivity contribution in [3.63, 3.8) is 0 Å². The minimum Gasteiger partial charge on any atom is -0.462 e. The van der Waals surface area contributed by atoms with E-state index >= 15 is 0 Å². The number of hydrogen-bond acceptors (Lipinski definition) is 6. The van der Waals surface area contributed by atoms with Gasteiger partial charge in [-0.05, 0) is 25.1 Å². The van der Waals surface area contributed by atoms with Crippen LogP contribution in [-0.4, -0.2) is 28.5 Å². The lowest BCUT2D eigenvalue weighted by atomic mass is 10.1. The van der Waals surface area contributed by atoms with Crippen molar-refractivity contribution in [1.82, 2.24) is 9.97 Å². The lowest BCUT2D eigenvalue weighted by Crippen LogP contribution is -2.17. The summed E-state index contributed by atoms with van der Waals surface area (Å²) < 4.78 is 18.6. The highest BCUT2D eigenvalue weighted by atomic mass is 19.1. The molecule has 8 heteroatoms. The minimum atomic E-state index is -0.526. The first-order valence-electron chi connectivity index (χ1n) is 8.95. The van der Waals surface area contributed by atoms with E-state index in [-0.39, 0.29) is 30.2 Å². The van der Waals surface area contributed by atoms with Crippen LogP contribution in [0.2, 0.25) is 0 Å². The molecule has 0 unspecified atom stereocenters. The fourth-order valence-electron chi connectivity index (χ4n) is 2.53. The Labute approximate surface area is 167 Å². The van der Waals surface area contributed by atoms with Gasteiger partial charge in [0.25, 0.3) is 5.91 Å². The van der Waals surface area contributed by atoms with Crippen LogP contribution in [0, 0.1) is 5.82 Å². The first kappa shape index (κ1) is 19.9. The Morgan fingerprint density at radius 1 is 1.03 bits per heavy atom. The van der Waals surface area contributed by atoms with E-state index in [4.69, 9.17) is 4.74 Å². The molecule has 1 amide bonds. The molecule has 0 aliphatic carbocycles. The fourth-order valence-corrected chi connectivity index (χ4v) is 2.53. The van der Waals surface area contributed by atoms with E-state index in [1.54, 1.807) is 49.4 Å². The van der Waals surface area contributed by atoms with Gasteiger partial charge in [-0.2, -0.15) is 0 Å². The van der Waals surface area contributed by atoms with Crippen LogP contribution in [0.5, 0.6) is 0 Å². The average molecular weight is 394 g/mol. The Balaban J connectivity index is 1.65. The Morgan fingerprint density at radius 2 is 1.79 bits per heavy atom. The Hall–Kier alpha value is -3.81. The number of carbonyl (C=O) groups is 2. The summed E-state index contributed by atoms with van der Waals surface area (Å²) in [5, 5.41) is 5.59. The second kappa shape index (κ2) is 9.41. The number of aromatic nitrogens is 2. The molecule has 0 fully saturated rings. The third-order valence-electron chi connectivity index (χ3n) is 3.97. The largest absolute Gasteiger partial charge is 0.462 e. The van der Waals surface area contributed by atoms with E-state index in [1.807, 2.05) is 0 Å². The lowest BCUT2D eigenvalue weighted by Gasteiger charge is -2.10. The highest BCUT2D eigenvalue weighted by Crippen LogP contribution is 2.17. The van der Waals surface area contributed by atoms with E-state index in [2.05, 4.69) is 20.6 Å². The second-order valence-electron chi connectivity index (χ2n) is 5.95. The SMILES string of the molecule is CCOC(=O)c1ccccc1NC(=O)c1cnc(NCc2ccccc2F)cn1. The molecule has 0 spiro atoms. The number of rotatable bonds is 7. The Morgan fingerprint density at radius 3 is 2.52 bits per heavy atom. The predicted molar refractivity (Wildman–Crippen MR) is 106 cm³/mol. The van der Waals surface area contributed by atoms with Crippen molar-refractivity contribution in [1.29, 1.82) is 0 Å². The molecule has 0 bridgehead atoms. The molecule has 0 atom stereocenters. The van der Waals surface area contributed by atoms with Crippen LogP contribution in [0.15, 0.2) is 60.9 Å². The van der Waals surface area contributed by atoms with Gasteiger partial charge in [0.2, 0.25) is 0 Å². The van der Waals surface area contributed by atoms with E-state index in [0.717, 1.165) is 0 Å². The van der Waals surface area contributed by atoms with Crippen LogP contribution in [0.3, 0.4) is 0 Å². The number of nitrogens with one attached hydrogen (secondary N) is 2. The van der Waals surface area contributed by atoms with Gasteiger partial charge in [-0.15, -0.1) is 0 Å². The highest BCUT2D eigenvalue weighted by Gasteiger charge is 2.15. The highest BCUT2D eigenvalue weighted by molar-refractivity contribution is 6.06. The normalized spacial score (nSPS) is 10.3. The average Bonchev–Trinajstić information content (AvgIpc) is 2.74. The first-order chi connectivity index (χ1) is 14.1. The zero-order valence-electron chi connectivity index (χ0n) is 15.7. The van der Waals surface area contributed by atoms with E-state index in [9.17, 15) is 14.0 Å². The number of halogens is 1. The van der Waals surface area contributed by atoms with Gasteiger partial charge in [-0.1, -0.05) is 30.3 Å². The predicted octanol–water partition coefficient (Wildman–Crippen LogP) is 3.66. The molecule has 0 radical (unpaired) electrons. The van der Waals surface area contributed by atoms with Crippen molar-refractivity contribution in [2.24, 2.45) is 0 Å². The Kier molecular flexibility index (Phi) is 6.47. The van der Waals surface area contributed by atoms with Gasteiger partial charge in [0.15, 0.2) is 0 Å². The van der Waals surface area contributed by atoms with E-state index < -0.39 is 11.9 Å². The van der Waals surface area contributed by atoms with E-state index in [0.29, 0.717) is 17.1 Å². The summed E-state index contributed by atoms with van der Waals surface area (Å²) >= 11 is 0. The van der Waals surface area contributed by atoms with Gasteiger partial charge in [-0.25, -0.2) is 19.2 Å². The first-order valence-corrected chi connectivity index (χ1v) is 8.95. The number of benzene rings is 2. The molecular weight excluding hydrogens is 375 g/mol. The van der Waals surface area contributed by atoms with Gasteiger partial charge in [0, 0.05) is 12.1 Å². The summed E-state index contributed by atoms with van der Waals surface area (Å²) in [4.78, 5) is 32.6. The molecule has 0 saturated heterocycles. The monoisotopic (exact) mass is 394 g/mol. The van der Waals surface area contributed by atoms with Crippen LogP contribution in [-0.2, 0) is 11.3 Å². The molecule has 2 aromatic carbocycles. The van der Waals surface area contributed by atoms with E-state index in [1.165, 1.54) is 18.5 Å². The van der Waals surface area contributed by atoms with Gasteiger partial charge < -0.3 is 15.4 Å². The maximum atomic E-state index is 13.6. The summed E-state index contributed by atoms with van der Waals surface area (Å²) in [5.41, 5.74) is 1.13. The van der Waals surface area contributed by atoms with Crippen LogP contribution < -0.4 is 10.6 Å². The van der Waals surface area contributed by atoms with Crippen molar-refractivity contribution in [2.45, 2.75) is 13.5 Å². The van der Waals surface area contributed by atoms with Gasteiger partial charge in [0.05, 0.1) is 30.3 Å². The van der Waals surface area contributed by atoms with Crippen molar-refractivity contribution in [3.8, 4) is 0 Å². The number of amides is 1. The van der Waals surface area contributed by atoms with Crippen LogP contribution in [0.1, 0.15) is 33.3 Å². The third kappa shape index (κ3) is 5.13. The number of ether oxygens (including phenoxy) is 1. The second-order valence-corrected chi connectivity index (χ2v) is 5.95. The summed E-state index contributed by atoms with van der Waals surface area (Å²) in [7, 11) is 0. The summed E-state index contributed by atoms with van der Waals surface area (Å²) in [6, 6.07) is 12.9. The third-order valence-corrected chi connectivity index (χ3v) is 3.97. The number of nitrogens with zero attached hydrogens (tertiary/aromatic N) is 2. The maximum Gasteiger partial charge on any atom is 0.340 e. The molecule has 0 saturated carbocycles. The van der Waals surface area contributed by atoms with Crippen molar-refractivity contribution < 1.29 is 18.7 Å². The molecule has 7 nitrogen and oxygen atoms in total. The van der Waals surface area contributed by atoms with Crippen LogP contribution in [0.25, 0.3) is 0 Å². The molecule has 1 aromatic heterocycles. The molecule has 0 aliphatic heterocycles. The number of anilines is 2. The Bertz CT molecular complexity index is 1010. The van der Waals surface area contributed by atoms with Gasteiger partial charge >= 0.3 is 5.97 Å². The fraction of sp³-hybridized carbons (Fsp3) is 0.143. The number of hydrogen-bond donors (Lipinski definition) is 2. The molecule has 148 valence electrons. The standard InChI is InChI=1S/C21H19FN4O3/c1-2-29-21(28)15-8-4-6-10-17(15)26-20(27)18-12-25-19(13-23-18)24-11-14-7-3-5-9-16(14)22/h3-10,12-13H,2,11H2,1H3,(H,24,25)(H,26,27). The summed E-state index contributed by atoms with van der Waals surface area (Å²) in [5.74, 6) is -0.960. The van der Waals surface area contributed by atoms with Crippen LogP contribution in [0.4, 0.5) is 15.9 Å². The number of esters is 1. The van der Waals surface area contributed by atoms with Gasteiger partial charge in [-0.3, -0.25) is 4.79 Å². The van der Waals surface area contributed by atoms with Crippen molar-refractivity contribution in [3.05, 3.63) is 83.6 Å². The topological polar surface area (TPSA) is 93.2 Å². The zero-order valence-corrected chi connectivity index (χ0v) is 15.7. The van der Waals surface area contributed by atoms with Crippen LogP contribution >= 0.6 is 0 Å². The smallest absolute Gasteiger partial charge is 0.340 e. The van der Waals surface area contributed by atoms with Gasteiger partial charge in [0.1, 0.15) is 17.3 Å². The molecule has 3 aromatic rings. The summed E-state index contributed by atoms with van der Waals surface area (Å²) in [6.07, 6.45) is 2.68. The van der Waals surface area contributed by atoms with Crippen molar-refractivity contribution in [2.75, 3.05) is 17.2 Å². The molecule has 2 N–H and O–H groups in total. The number of para-hydroxylation sites is 1. The van der Waals surface area contributed by atoms with Crippen molar-refractivity contribution >= 4 is 23.4 Å². The summed E-state index contributed by atoms with van der Waals surface area (Å²) in [6.45, 7) is 2.17. The molecular formula is C21H19FN4O3. The zero-order chi connectivity index (χ0) is 20.6. The number of carbonyl (C=O) groups excluding carboxylic acids is 2. The maximum absolute atomic E-state index is 13.6. The molecule has 3 rings (SSSR count). The molecule has 1 heterocycles. The lowest BCUT2D eigenvalue weighted by molar-refractivity contribution is 0.0527. The molecule has 29 heavy (non-hydrogen) atoms.